The number of ether oxygens (including phenoxy) is 1. The molecule has 8 nitrogen and oxygen atoms in total. The van der Waals surface area contributed by atoms with E-state index in [4.69, 9.17) is 9.84 Å². The van der Waals surface area contributed by atoms with Crippen LogP contribution in [0.2, 0.25) is 0 Å². The van der Waals surface area contributed by atoms with Crippen LogP contribution in [0.1, 0.15) is 12.6 Å². The number of hydrogen-bond donors (Lipinski definition) is 3. The summed E-state index contributed by atoms with van der Waals surface area (Å²) >= 11 is 1.32. The predicted molar refractivity (Wildman–Crippen MR) is 71.5 cm³/mol. The molecule has 1 aliphatic rings. The van der Waals surface area contributed by atoms with Crippen molar-refractivity contribution < 1.29 is 14.9 Å². The molecule has 0 bridgehead atoms. The van der Waals surface area contributed by atoms with Crippen LogP contribution in [0.15, 0.2) is 16.3 Å². The molecule has 108 valence electrons. The lowest BCUT2D eigenvalue weighted by atomic mass is 10.2. The Labute approximate surface area is 117 Å². The number of hydrogen-bond acceptors (Lipinski definition) is 7. The molecule has 0 radical (unpaired) electrons. The van der Waals surface area contributed by atoms with Crippen molar-refractivity contribution in [3.05, 3.63) is 16.7 Å². The molecule has 9 heteroatoms. The van der Waals surface area contributed by atoms with Gasteiger partial charge in [0.25, 0.3) is 5.56 Å². The summed E-state index contributed by atoms with van der Waals surface area (Å²) in [6.07, 6.45) is 1.73. The van der Waals surface area contributed by atoms with E-state index in [0.29, 0.717) is 17.2 Å². The fourth-order valence-electron chi connectivity index (χ4n) is 2.26. The van der Waals surface area contributed by atoms with E-state index in [2.05, 4.69) is 15.0 Å². The summed E-state index contributed by atoms with van der Waals surface area (Å²) in [6.45, 7) is -0.256. The lowest BCUT2D eigenvalue weighted by molar-refractivity contribution is -0.0432. The van der Waals surface area contributed by atoms with Crippen LogP contribution in [0.4, 0.5) is 0 Å². The monoisotopic (exact) mass is 301 g/mol. The lowest BCUT2D eigenvalue weighted by Crippen LogP contribution is -2.24. The Morgan fingerprint density at radius 2 is 2.45 bits per heavy atom. The molecule has 1 aliphatic heterocycles. The number of aromatic amines is 1. The molecular weight excluding hydrogens is 287 g/mol. The zero-order chi connectivity index (χ0) is 14.3. The van der Waals surface area contributed by atoms with Gasteiger partial charge in [0.05, 0.1) is 19.0 Å². The Morgan fingerprint density at radius 3 is 3.10 bits per heavy atom. The molecule has 3 atom stereocenters. The number of nitrogens with zero attached hydrogens (tertiary/aromatic N) is 3. The van der Waals surface area contributed by atoms with E-state index in [1.165, 1.54) is 18.1 Å². The molecule has 1 saturated heterocycles. The number of fused-ring (bicyclic) bond motifs is 1. The van der Waals surface area contributed by atoms with Crippen molar-refractivity contribution in [1.82, 2.24) is 19.5 Å². The van der Waals surface area contributed by atoms with Gasteiger partial charge in [0.1, 0.15) is 12.3 Å². The number of nitrogens with one attached hydrogen (secondary N) is 1. The van der Waals surface area contributed by atoms with Crippen molar-refractivity contribution in [2.24, 2.45) is 0 Å². The van der Waals surface area contributed by atoms with Crippen LogP contribution in [0, 0.1) is 0 Å². The van der Waals surface area contributed by atoms with Gasteiger partial charge in [0, 0.05) is 6.42 Å². The molecule has 3 heterocycles. The molecule has 0 aromatic carbocycles. The zero-order valence-corrected chi connectivity index (χ0v) is 11.5. The van der Waals surface area contributed by atoms with Gasteiger partial charge in [-0.05, 0) is 6.26 Å². The molecule has 0 amide bonds. The van der Waals surface area contributed by atoms with Crippen LogP contribution in [-0.4, -0.2) is 54.8 Å². The minimum absolute atomic E-state index is 0.230. The van der Waals surface area contributed by atoms with Crippen molar-refractivity contribution in [1.29, 1.82) is 0 Å². The highest BCUT2D eigenvalue weighted by molar-refractivity contribution is 7.98. The molecule has 3 rings (SSSR count). The van der Waals surface area contributed by atoms with Gasteiger partial charge in [-0.15, -0.1) is 0 Å². The highest BCUT2D eigenvalue weighted by Gasteiger charge is 2.35. The van der Waals surface area contributed by atoms with Gasteiger partial charge in [-0.3, -0.25) is 14.3 Å². The maximum absolute atomic E-state index is 11.9. The van der Waals surface area contributed by atoms with Crippen LogP contribution in [0.5, 0.6) is 0 Å². The number of aromatic nitrogens is 4. The molecule has 0 spiro atoms. The van der Waals surface area contributed by atoms with Gasteiger partial charge in [0.15, 0.2) is 16.3 Å². The summed E-state index contributed by atoms with van der Waals surface area (Å²) in [5.74, 6) is 0. The summed E-state index contributed by atoms with van der Waals surface area (Å²) in [5, 5.41) is 19.4. The summed E-state index contributed by atoms with van der Waals surface area (Å²) in [4.78, 5) is 22.8. The lowest BCUT2D eigenvalue weighted by Gasteiger charge is -2.13. The maximum Gasteiger partial charge on any atom is 0.279 e. The Morgan fingerprint density at radius 1 is 1.65 bits per heavy atom. The summed E-state index contributed by atoms with van der Waals surface area (Å²) in [6, 6.07) is 0. The quantitative estimate of drug-likeness (QED) is 0.516. The van der Waals surface area contributed by atoms with Crippen molar-refractivity contribution >= 4 is 22.9 Å². The molecule has 3 N–H and O–H groups in total. The molecule has 20 heavy (non-hydrogen) atoms. The number of thioether (sulfide) groups is 1. The molecule has 0 saturated carbocycles. The normalized spacial score (nSPS) is 26.4. The Kier molecular flexibility index (Phi) is 3.50. The third-order valence-corrected chi connectivity index (χ3v) is 3.88. The fraction of sp³-hybridized carbons (Fsp3) is 0.545. The molecule has 1 fully saturated rings. The van der Waals surface area contributed by atoms with E-state index >= 15 is 0 Å². The van der Waals surface area contributed by atoms with Crippen LogP contribution >= 0.6 is 11.8 Å². The highest BCUT2D eigenvalue weighted by atomic mass is 32.2. The average Bonchev–Trinajstić information content (AvgIpc) is 3.01. The molecule has 2 aromatic rings. The van der Waals surface area contributed by atoms with E-state index in [1.807, 2.05) is 6.26 Å². The number of imidazole rings is 1. The van der Waals surface area contributed by atoms with Gasteiger partial charge in [0.2, 0.25) is 0 Å². The van der Waals surface area contributed by atoms with E-state index < -0.39 is 18.4 Å². The SMILES string of the molecule is CS[13c]1[15n]c2c(ncn2[C@H]2C[C@H](O)[C@@H](CO)O2)c(=O)[15nH]1. The van der Waals surface area contributed by atoms with Gasteiger partial charge in [-0.2, -0.15) is 0 Å². The minimum Gasteiger partial charge on any atom is -0.394 e. The van der Waals surface area contributed by atoms with E-state index in [1.54, 1.807) is 4.57 Å². The topological polar surface area (TPSA) is 113 Å². The predicted octanol–water partition coefficient (Wildman–Crippen LogP) is -0.518. The highest BCUT2D eigenvalue weighted by Crippen LogP contribution is 2.30. The van der Waals surface area contributed by atoms with Crippen LogP contribution in [0.3, 0.4) is 0 Å². The van der Waals surface area contributed by atoms with E-state index in [0.717, 1.165) is 0 Å². The molecule has 2 aromatic heterocycles. The number of H-pyrrole nitrogens is 1. The van der Waals surface area contributed by atoms with Crippen LogP contribution in [-0.2, 0) is 4.74 Å². The third-order valence-electron chi connectivity index (χ3n) is 3.30. The van der Waals surface area contributed by atoms with Crippen LogP contribution < -0.4 is 5.56 Å². The van der Waals surface area contributed by atoms with Gasteiger partial charge in [-0.25, -0.2) is 9.97 Å². The Hall–Kier alpha value is -1.42. The Balaban J connectivity index is 2.05. The smallest absolute Gasteiger partial charge is 0.279 e. The van der Waals surface area contributed by atoms with Gasteiger partial charge in [-0.1, -0.05) is 11.8 Å². The Bertz CT molecular complexity index is 685. The number of aliphatic hydroxyl groups excluding tert-OH is 2. The molecular formula is C11H14N4O4S. The second-order valence-corrected chi connectivity index (χ2v) is 5.31. The van der Waals surface area contributed by atoms with E-state index in [9.17, 15) is 9.90 Å². The third kappa shape index (κ3) is 2.12. The molecule has 0 aliphatic carbocycles. The summed E-state index contributed by atoms with van der Waals surface area (Å²) < 4.78 is 7.17. The van der Waals surface area contributed by atoms with Crippen molar-refractivity contribution in [3.8, 4) is 0 Å². The first-order chi connectivity index (χ1) is 9.63. The van der Waals surface area contributed by atoms with Crippen molar-refractivity contribution in [2.45, 2.75) is 30.0 Å². The van der Waals surface area contributed by atoms with Crippen molar-refractivity contribution in [2.75, 3.05) is 12.9 Å². The maximum atomic E-state index is 11.9. The fourth-order valence-corrected chi connectivity index (χ4v) is 2.64. The first-order valence-electron chi connectivity index (χ1n) is 6.09. The van der Waals surface area contributed by atoms with Gasteiger partial charge < -0.3 is 14.9 Å². The van der Waals surface area contributed by atoms with Crippen LogP contribution in [0.25, 0.3) is 11.2 Å². The largest absolute Gasteiger partial charge is 0.394 e. The first-order valence-corrected chi connectivity index (χ1v) is 7.31. The van der Waals surface area contributed by atoms with Gasteiger partial charge >= 0.3 is 0 Å². The number of rotatable bonds is 3. The number of aliphatic hydroxyl groups is 2. The average molecular weight is 301 g/mol. The van der Waals surface area contributed by atoms with E-state index in [-0.39, 0.29) is 17.7 Å². The summed E-state index contributed by atoms with van der Waals surface area (Å²) in [5.41, 5.74) is 0.331. The standard InChI is InChI=1S/C11H14N4O4S/c1-20-11-13-9-8(10(18)14-11)12-4-15(9)7-2-5(17)6(3-16)19-7/h4-7,16-17H,2-3H2,1H3,(H,13,14,18)/t5-,6+,7+/m0/s1/i11+1,13+1,14+1. The molecule has 0 unspecified atom stereocenters. The minimum atomic E-state index is -0.746. The zero-order valence-electron chi connectivity index (χ0n) is 10.7. The van der Waals surface area contributed by atoms with Crippen molar-refractivity contribution in [3.63, 3.8) is 0 Å². The first kappa shape index (κ1) is 13.6. The summed E-state index contributed by atoms with van der Waals surface area (Å²) in [7, 11) is 0. The second kappa shape index (κ2) is 5.17. The second-order valence-electron chi connectivity index (χ2n) is 4.51.